The number of rotatable bonds is 4. The molecule has 1 amide bonds. The Morgan fingerprint density at radius 3 is 2.78 bits per heavy atom. The van der Waals surface area contributed by atoms with E-state index in [-0.39, 0.29) is 16.8 Å². The van der Waals surface area contributed by atoms with Gasteiger partial charge in [-0.25, -0.2) is 19.5 Å². The number of aryl methyl sites for hydroxylation is 2. The summed E-state index contributed by atoms with van der Waals surface area (Å²) in [6.07, 6.45) is 4.05. The number of hydrogen-bond donors (Lipinski definition) is 1. The van der Waals surface area contributed by atoms with Crippen LogP contribution in [0.1, 0.15) is 28.6 Å². The van der Waals surface area contributed by atoms with Gasteiger partial charge >= 0.3 is 6.55 Å². The molecular formula is C15H12F2N8OS. The van der Waals surface area contributed by atoms with Crippen LogP contribution in [-0.2, 0) is 0 Å². The SMILES string of the molecule is Cc1nc(NC(=O)c2nc3nccc(C)n3n2)sc1-c1nccn1C(F)F. The second-order valence-electron chi connectivity index (χ2n) is 5.56. The quantitative estimate of drug-likeness (QED) is 0.575. The maximum absolute atomic E-state index is 13.1. The Hall–Kier alpha value is -3.28. The van der Waals surface area contributed by atoms with Gasteiger partial charge in [0.05, 0.1) is 10.6 Å². The Morgan fingerprint density at radius 2 is 2.04 bits per heavy atom. The molecule has 0 saturated heterocycles. The van der Waals surface area contributed by atoms with E-state index < -0.39 is 12.5 Å². The number of fused-ring (bicyclic) bond motifs is 1. The molecule has 0 unspecified atom stereocenters. The average Bonchev–Trinajstić information content (AvgIpc) is 3.32. The highest BCUT2D eigenvalue weighted by Gasteiger charge is 2.21. The summed E-state index contributed by atoms with van der Waals surface area (Å²) in [6.45, 7) is 0.745. The van der Waals surface area contributed by atoms with Gasteiger partial charge in [0.15, 0.2) is 11.0 Å². The van der Waals surface area contributed by atoms with E-state index in [1.54, 1.807) is 19.2 Å². The highest BCUT2D eigenvalue weighted by atomic mass is 32.1. The van der Waals surface area contributed by atoms with Crippen LogP contribution in [0.2, 0.25) is 0 Å². The molecule has 0 bridgehead atoms. The summed E-state index contributed by atoms with van der Waals surface area (Å²) >= 11 is 1.04. The van der Waals surface area contributed by atoms with E-state index in [2.05, 4.69) is 30.4 Å². The van der Waals surface area contributed by atoms with Crippen molar-refractivity contribution in [1.82, 2.24) is 34.1 Å². The fourth-order valence-electron chi connectivity index (χ4n) is 2.46. The molecule has 0 saturated carbocycles. The summed E-state index contributed by atoms with van der Waals surface area (Å²) in [5.74, 6) is -0.251. The van der Waals surface area contributed by atoms with Gasteiger partial charge in [0.2, 0.25) is 5.82 Å². The highest BCUT2D eigenvalue weighted by Crippen LogP contribution is 2.33. The molecule has 138 valence electrons. The molecule has 0 atom stereocenters. The first-order valence-electron chi connectivity index (χ1n) is 7.72. The third-order valence-corrected chi connectivity index (χ3v) is 4.80. The maximum Gasteiger partial charge on any atom is 0.320 e. The number of hydrogen-bond acceptors (Lipinski definition) is 7. The molecule has 4 heterocycles. The predicted molar refractivity (Wildman–Crippen MR) is 92.8 cm³/mol. The van der Waals surface area contributed by atoms with Gasteiger partial charge < -0.3 is 0 Å². The first-order chi connectivity index (χ1) is 12.9. The van der Waals surface area contributed by atoms with Crippen molar-refractivity contribution in [2.24, 2.45) is 0 Å². The summed E-state index contributed by atoms with van der Waals surface area (Å²) in [4.78, 5) is 29.2. The number of imidazole rings is 1. The molecule has 0 radical (unpaired) electrons. The molecule has 0 aliphatic heterocycles. The summed E-state index contributed by atoms with van der Waals surface area (Å²) in [6, 6.07) is 1.74. The molecule has 4 rings (SSSR count). The van der Waals surface area contributed by atoms with E-state index in [1.165, 1.54) is 16.9 Å². The van der Waals surface area contributed by atoms with Crippen LogP contribution in [0.5, 0.6) is 0 Å². The fraction of sp³-hybridized carbons (Fsp3) is 0.200. The van der Waals surface area contributed by atoms with Gasteiger partial charge in [0.25, 0.3) is 11.7 Å². The number of carbonyl (C=O) groups is 1. The summed E-state index contributed by atoms with van der Waals surface area (Å²) in [5.41, 5.74) is 1.25. The molecular weight excluding hydrogens is 378 g/mol. The van der Waals surface area contributed by atoms with Crippen molar-refractivity contribution in [2.45, 2.75) is 20.4 Å². The highest BCUT2D eigenvalue weighted by molar-refractivity contribution is 7.19. The number of amides is 1. The molecule has 27 heavy (non-hydrogen) atoms. The lowest BCUT2D eigenvalue weighted by Gasteiger charge is -2.04. The van der Waals surface area contributed by atoms with Crippen molar-refractivity contribution in [3.63, 3.8) is 0 Å². The molecule has 4 aromatic rings. The van der Waals surface area contributed by atoms with E-state index in [0.29, 0.717) is 16.3 Å². The van der Waals surface area contributed by atoms with Crippen LogP contribution < -0.4 is 5.32 Å². The van der Waals surface area contributed by atoms with Gasteiger partial charge in [0, 0.05) is 24.3 Å². The van der Waals surface area contributed by atoms with E-state index in [4.69, 9.17) is 0 Å². The zero-order valence-corrected chi connectivity index (χ0v) is 14.9. The second-order valence-corrected chi connectivity index (χ2v) is 6.56. The maximum atomic E-state index is 13.1. The monoisotopic (exact) mass is 390 g/mol. The van der Waals surface area contributed by atoms with Crippen molar-refractivity contribution in [3.8, 4) is 10.7 Å². The summed E-state index contributed by atoms with van der Waals surface area (Å²) < 4.78 is 28.3. The molecule has 0 spiro atoms. The van der Waals surface area contributed by atoms with Crippen molar-refractivity contribution in [2.75, 3.05) is 5.32 Å². The first-order valence-corrected chi connectivity index (χ1v) is 8.54. The van der Waals surface area contributed by atoms with Crippen LogP contribution >= 0.6 is 11.3 Å². The molecule has 0 aliphatic carbocycles. The number of halogens is 2. The molecule has 0 aromatic carbocycles. The fourth-order valence-corrected chi connectivity index (χ4v) is 3.42. The van der Waals surface area contributed by atoms with Gasteiger partial charge in [0.1, 0.15) is 0 Å². The normalized spacial score (nSPS) is 11.4. The third-order valence-electron chi connectivity index (χ3n) is 3.73. The number of nitrogens with one attached hydrogen (secondary N) is 1. The number of alkyl halides is 2. The Labute approximate surface area is 154 Å². The number of nitrogens with zero attached hydrogens (tertiary/aromatic N) is 7. The van der Waals surface area contributed by atoms with Crippen molar-refractivity contribution < 1.29 is 13.6 Å². The standard InChI is InChI=1S/C15H12F2N8OS/c1-7-3-4-19-14-21-10(23-25(7)14)12(26)22-15-20-8(2)9(27-15)11-18-5-6-24(11)13(16)17/h3-6,13H,1-2H3,(H,20,22,26). The first kappa shape index (κ1) is 17.1. The van der Waals surface area contributed by atoms with E-state index in [0.717, 1.165) is 21.6 Å². The van der Waals surface area contributed by atoms with Crippen LogP contribution in [0.3, 0.4) is 0 Å². The lowest BCUT2D eigenvalue weighted by molar-refractivity contribution is 0.0720. The minimum atomic E-state index is -2.72. The molecule has 1 N–H and O–H groups in total. The Balaban J connectivity index is 1.62. The summed E-state index contributed by atoms with van der Waals surface area (Å²) in [7, 11) is 0. The largest absolute Gasteiger partial charge is 0.320 e. The molecule has 9 nitrogen and oxygen atoms in total. The number of aromatic nitrogens is 7. The Morgan fingerprint density at radius 1 is 1.22 bits per heavy atom. The average molecular weight is 390 g/mol. The van der Waals surface area contributed by atoms with Crippen LogP contribution in [0.4, 0.5) is 13.9 Å². The van der Waals surface area contributed by atoms with Gasteiger partial charge in [-0.3, -0.25) is 14.7 Å². The van der Waals surface area contributed by atoms with Crippen LogP contribution in [0, 0.1) is 13.8 Å². The number of thiazole rings is 1. The lowest BCUT2D eigenvalue weighted by atomic mass is 10.4. The molecule has 0 fully saturated rings. The smallest absolute Gasteiger partial charge is 0.295 e. The van der Waals surface area contributed by atoms with Gasteiger partial charge in [-0.1, -0.05) is 11.3 Å². The predicted octanol–water partition coefficient (Wildman–Crippen LogP) is 2.71. The molecule has 0 aliphatic rings. The number of carbonyl (C=O) groups excluding carboxylic acids is 1. The minimum Gasteiger partial charge on any atom is -0.295 e. The van der Waals surface area contributed by atoms with Gasteiger partial charge in [-0.2, -0.15) is 13.8 Å². The van der Waals surface area contributed by atoms with Crippen molar-refractivity contribution >= 4 is 28.2 Å². The Bertz CT molecular complexity index is 1150. The zero-order chi connectivity index (χ0) is 19.1. The van der Waals surface area contributed by atoms with E-state index >= 15 is 0 Å². The topological polar surface area (TPSA) is 103 Å². The zero-order valence-electron chi connectivity index (χ0n) is 14.1. The van der Waals surface area contributed by atoms with E-state index in [1.807, 2.05) is 6.92 Å². The van der Waals surface area contributed by atoms with Crippen molar-refractivity contribution in [3.05, 3.63) is 41.9 Å². The Kier molecular flexibility index (Phi) is 4.11. The number of anilines is 1. The second kappa shape index (κ2) is 6.46. The van der Waals surface area contributed by atoms with Crippen LogP contribution in [0.25, 0.3) is 16.5 Å². The van der Waals surface area contributed by atoms with Crippen molar-refractivity contribution in [1.29, 1.82) is 0 Å². The van der Waals surface area contributed by atoms with Crippen LogP contribution in [-0.4, -0.2) is 40.0 Å². The molecule has 12 heteroatoms. The molecule has 4 aromatic heterocycles. The van der Waals surface area contributed by atoms with Gasteiger partial charge in [-0.05, 0) is 19.9 Å². The third kappa shape index (κ3) is 3.03. The van der Waals surface area contributed by atoms with Gasteiger partial charge in [-0.15, -0.1) is 5.10 Å². The van der Waals surface area contributed by atoms with E-state index in [9.17, 15) is 13.6 Å². The lowest BCUT2D eigenvalue weighted by Crippen LogP contribution is -2.13. The van der Waals surface area contributed by atoms with Crippen LogP contribution in [0.15, 0.2) is 24.7 Å². The summed E-state index contributed by atoms with van der Waals surface area (Å²) in [5, 5.41) is 6.94. The minimum absolute atomic E-state index is 0.0692.